The molecule has 0 radical (unpaired) electrons. The summed E-state index contributed by atoms with van der Waals surface area (Å²) in [5.41, 5.74) is 5.00. The van der Waals surface area contributed by atoms with Crippen LogP contribution in [-0.4, -0.2) is 39.4 Å². The fourth-order valence-corrected chi connectivity index (χ4v) is 0.731. The summed E-state index contributed by atoms with van der Waals surface area (Å²) in [7, 11) is 1.65. The van der Waals surface area contributed by atoms with Crippen LogP contribution in [0.3, 0.4) is 0 Å². The molecule has 1 amide bonds. The molecule has 5 nitrogen and oxygen atoms in total. The Labute approximate surface area is 78.8 Å². The Morgan fingerprint density at radius 2 is 1.92 bits per heavy atom. The van der Waals surface area contributed by atoms with E-state index in [0.29, 0.717) is 32.8 Å². The second-order valence-electron chi connectivity index (χ2n) is 2.36. The molecule has 0 aromatic carbocycles. The molecule has 0 saturated carbocycles. The molecule has 0 unspecified atom stereocenters. The third-order valence-electron chi connectivity index (χ3n) is 1.31. The summed E-state index contributed by atoms with van der Waals surface area (Å²) in [5, 5.41) is 0. The molecule has 0 fully saturated rings. The minimum Gasteiger partial charge on any atom is -0.379 e. The molecule has 0 atom stereocenters. The Morgan fingerprint density at radius 3 is 2.54 bits per heavy atom. The fourth-order valence-electron chi connectivity index (χ4n) is 0.731. The molecule has 0 aromatic heterocycles. The van der Waals surface area contributed by atoms with E-state index in [4.69, 9.17) is 9.47 Å². The number of amides is 1. The predicted molar refractivity (Wildman–Crippen MR) is 49.1 cm³/mol. The lowest BCUT2D eigenvalue weighted by Gasteiger charge is -2.04. The van der Waals surface area contributed by atoms with Crippen molar-refractivity contribution >= 4 is 5.91 Å². The Kier molecular flexibility index (Phi) is 8.97. The quantitative estimate of drug-likeness (QED) is 0.407. The average molecular weight is 190 g/mol. The minimum atomic E-state index is -0.0705. The van der Waals surface area contributed by atoms with Crippen molar-refractivity contribution in [1.29, 1.82) is 0 Å². The number of hydrogen-bond acceptors (Lipinski definition) is 4. The van der Waals surface area contributed by atoms with Gasteiger partial charge in [0.15, 0.2) is 0 Å². The second kappa shape index (κ2) is 9.44. The summed E-state index contributed by atoms with van der Waals surface area (Å²) >= 11 is 0. The molecule has 13 heavy (non-hydrogen) atoms. The molecule has 5 heteroatoms. The van der Waals surface area contributed by atoms with Crippen LogP contribution in [0.25, 0.3) is 0 Å². The van der Waals surface area contributed by atoms with Gasteiger partial charge in [-0.2, -0.15) is 0 Å². The van der Waals surface area contributed by atoms with Crippen molar-refractivity contribution in [2.45, 2.75) is 13.3 Å². The van der Waals surface area contributed by atoms with Gasteiger partial charge in [-0.05, 0) is 6.92 Å². The molecule has 0 rings (SSSR count). The van der Waals surface area contributed by atoms with Gasteiger partial charge in [-0.1, -0.05) is 0 Å². The summed E-state index contributed by atoms with van der Waals surface area (Å²) in [6.45, 7) is 4.19. The average Bonchev–Trinajstić information content (AvgIpc) is 2.11. The highest BCUT2D eigenvalue weighted by Gasteiger charge is 1.97. The van der Waals surface area contributed by atoms with Crippen LogP contribution < -0.4 is 10.9 Å². The molecule has 0 aliphatic heterocycles. The van der Waals surface area contributed by atoms with Crippen LogP contribution in [0.4, 0.5) is 0 Å². The van der Waals surface area contributed by atoms with Crippen LogP contribution in [0.15, 0.2) is 0 Å². The highest BCUT2D eigenvalue weighted by Crippen LogP contribution is 1.83. The molecule has 0 saturated heterocycles. The predicted octanol–water partition coefficient (Wildman–Crippen LogP) is -0.320. The Balaban J connectivity index is 3.02. The van der Waals surface area contributed by atoms with Crippen LogP contribution in [0.2, 0.25) is 0 Å². The van der Waals surface area contributed by atoms with E-state index in [2.05, 4.69) is 10.9 Å². The standard InChI is InChI=1S/C8H18N2O3/c1-3-12-6-7-13-5-4-8(11)10-9-2/h9H,3-7H2,1-2H3,(H,10,11). The van der Waals surface area contributed by atoms with E-state index < -0.39 is 0 Å². The molecule has 0 aliphatic rings. The summed E-state index contributed by atoms with van der Waals surface area (Å²) in [6.07, 6.45) is 0.368. The molecule has 2 N–H and O–H groups in total. The summed E-state index contributed by atoms with van der Waals surface area (Å²) in [4.78, 5) is 10.8. The number of nitrogens with one attached hydrogen (secondary N) is 2. The van der Waals surface area contributed by atoms with Crippen LogP contribution in [0.5, 0.6) is 0 Å². The van der Waals surface area contributed by atoms with Gasteiger partial charge in [0.2, 0.25) is 5.91 Å². The number of ether oxygens (including phenoxy) is 2. The lowest BCUT2D eigenvalue weighted by molar-refractivity contribution is -0.123. The zero-order valence-electron chi connectivity index (χ0n) is 8.26. The van der Waals surface area contributed by atoms with E-state index >= 15 is 0 Å². The molecular weight excluding hydrogens is 172 g/mol. The number of rotatable bonds is 8. The minimum absolute atomic E-state index is 0.0705. The number of hydrogen-bond donors (Lipinski definition) is 2. The lowest BCUT2D eigenvalue weighted by Crippen LogP contribution is -2.34. The van der Waals surface area contributed by atoms with Gasteiger partial charge in [-0.3, -0.25) is 10.2 Å². The van der Waals surface area contributed by atoms with Gasteiger partial charge < -0.3 is 9.47 Å². The van der Waals surface area contributed by atoms with E-state index in [1.54, 1.807) is 7.05 Å². The van der Waals surface area contributed by atoms with Crippen molar-refractivity contribution in [3.8, 4) is 0 Å². The van der Waals surface area contributed by atoms with Gasteiger partial charge >= 0.3 is 0 Å². The van der Waals surface area contributed by atoms with Gasteiger partial charge in [-0.15, -0.1) is 0 Å². The van der Waals surface area contributed by atoms with Gasteiger partial charge in [0, 0.05) is 13.7 Å². The van der Waals surface area contributed by atoms with Crippen LogP contribution >= 0.6 is 0 Å². The number of carbonyl (C=O) groups is 1. The first-order valence-corrected chi connectivity index (χ1v) is 4.42. The van der Waals surface area contributed by atoms with Crippen LogP contribution in [0.1, 0.15) is 13.3 Å². The van der Waals surface area contributed by atoms with E-state index in [1.165, 1.54) is 0 Å². The Bertz CT molecular complexity index is 131. The van der Waals surface area contributed by atoms with Crippen molar-refractivity contribution < 1.29 is 14.3 Å². The molecular formula is C8H18N2O3. The van der Waals surface area contributed by atoms with Crippen molar-refractivity contribution in [2.24, 2.45) is 0 Å². The van der Waals surface area contributed by atoms with E-state index in [0.717, 1.165) is 0 Å². The maximum Gasteiger partial charge on any atom is 0.236 e. The summed E-state index contributed by atoms with van der Waals surface area (Å²) in [6, 6.07) is 0. The van der Waals surface area contributed by atoms with E-state index in [-0.39, 0.29) is 5.91 Å². The fraction of sp³-hybridized carbons (Fsp3) is 0.875. The highest BCUT2D eigenvalue weighted by molar-refractivity contribution is 5.75. The first kappa shape index (κ1) is 12.3. The highest BCUT2D eigenvalue weighted by atomic mass is 16.5. The van der Waals surface area contributed by atoms with Crippen molar-refractivity contribution in [3.05, 3.63) is 0 Å². The van der Waals surface area contributed by atoms with Gasteiger partial charge in [0.05, 0.1) is 26.2 Å². The smallest absolute Gasteiger partial charge is 0.236 e. The van der Waals surface area contributed by atoms with Crippen LogP contribution in [-0.2, 0) is 14.3 Å². The normalized spacial score (nSPS) is 10.0. The first-order chi connectivity index (χ1) is 6.31. The maximum absolute atomic E-state index is 10.8. The van der Waals surface area contributed by atoms with Crippen molar-refractivity contribution in [1.82, 2.24) is 10.9 Å². The Morgan fingerprint density at radius 1 is 1.23 bits per heavy atom. The molecule has 78 valence electrons. The zero-order valence-corrected chi connectivity index (χ0v) is 8.26. The third kappa shape index (κ3) is 9.26. The number of carbonyl (C=O) groups excluding carboxylic acids is 1. The molecule has 0 bridgehead atoms. The summed E-state index contributed by atoms with van der Waals surface area (Å²) < 4.78 is 10.2. The largest absolute Gasteiger partial charge is 0.379 e. The van der Waals surface area contributed by atoms with Gasteiger partial charge in [0.1, 0.15) is 0 Å². The third-order valence-corrected chi connectivity index (χ3v) is 1.31. The molecule has 0 aliphatic carbocycles. The van der Waals surface area contributed by atoms with Gasteiger partial charge in [-0.25, -0.2) is 5.43 Å². The van der Waals surface area contributed by atoms with E-state index in [9.17, 15) is 4.79 Å². The number of hydrazine groups is 1. The van der Waals surface area contributed by atoms with Crippen LogP contribution in [0, 0.1) is 0 Å². The molecule has 0 heterocycles. The topological polar surface area (TPSA) is 59.6 Å². The first-order valence-electron chi connectivity index (χ1n) is 4.42. The van der Waals surface area contributed by atoms with E-state index in [1.807, 2.05) is 6.92 Å². The maximum atomic E-state index is 10.8. The molecule has 0 spiro atoms. The molecule has 0 aromatic rings. The zero-order chi connectivity index (χ0) is 9.94. The monoisotopic (exact) mass is 190 g/mol. The van der Waals surface area contributed by atoms with Gasteiger partial charge in [0.25, 0.3) is 0 Å². The lowest BCUT2D eigenvalue weighted by atomic mass is 10.4. The Hall–Kier alpha value is -0.650. The van der Waals surface area contributed by atoms with Crippen molar-refractivity contribution in [3.63, 3.8) is 0 Å². The second-order valence-corrected chi connectivity index (χ2v) is 2.36. The van der Waals surface area contributed by atoms with Crippen molar-refractivity contribution in [2.75, 3.05) is 33.5 Å². The summed E-state index contributed by atoms with van der Waals surface area (Å²) in [5.74, 6) is -0.0705. The SMILES string of the molecule is CCOCCOCCC(=O)NNC.